The van der Waals surface area contributed by atoms with Crippen molar-refractivity contribution in [2.45, 2.75) is 11.8 Å². The van der Waals surface area contributed by atoms with Crippen LogP contribution in [-0.2, 0) is 19.4 Å². The number of rotatable bonds is 7. The molecule has 138 valence electrons. The molecule has 0 spiro atoms. The van der Waals surface area contributed by atoms with Gasteiger partial charge in [-0.1, -0.05) is 0 Å². The Labute approximate surface area is 151 Å². The van der Waals surface area contributed by atoms with Crippen molar-refractivity contribution < 1.29 is 27.1 Å². The predicted octanol–water partition coefficient (Wildman–Crippen LogP) is 3.12. The summed E-state index contributed by atoms with van der Waals surface area (Å²) in [6, 6.07) is 10.9. The highest BCUT2D eigenvalue weighted by molar-refractivity contribution is 7.96. The molecule has 0 aromatic heterocycles. The fraction of sp³-hybridized carbons (Fsp3) is 0.167. The van der Waals surface area contributed by atoms with E-state index in [4.69, 9.17) is 4.74 Å². The van der Waals surface area contributed by atoms with Crippen molar-refractivity contribution >= 4 is 21.5 Å². The van der Waals surface area contributed by atoms with Crippen LogP contribution >= 0.6 is 0 Å². The number of sulfone groups is 1. The van der Waals surface area contributed by atoms with Crippen LogP contribution in [0.2, 0.25) is 0 Å². The molecule has 0 amide bonds. The first-order valence-corrected chi connectivity index (χ1v) is 9.15. The maximum absolute atomic E-state index is 12.9. The minimum atomic E-state index is -4.13. The molecule has 6 nitrogen and oxygen atoms in total. The Morgan fingerprint density at radius 3 is 2.27 bits per heavy atom. The largest absolute Gasteiger partial charge is 0.494 e. The minimum Gasteiger partial charge on any atom is -0.494 e. The van der Waals surface area contributed by atoms with E-state index in [-0.39, 0.29) is 4.90 Å². The number of halogens is 1. The van der Waals surface area contributed by atoms with Crippen LogP contribution in [-0.4, -0.2) is 28.1 Å². The maximum atomic E-state index is 12.9. The quantitative estimate of drug-likeness (QED) is 0.588. The first-order valence-electron chi connectivity index (χ1n) is 7.67. The van der Waals surface area contributed by atoms with Crippen molar-refractivity contribution in [1.29, 1.82) is 0 Å². The predicted molar refractivity (Wildman–Crippen MR) is 94.9 cm³/mol. The second-order valence-corrected chi connectivity index (χ2v) is 6.98. The Bertz CT molecular complexity index is 890. The number of nitrogens with one attached hydrogen (secondary N) is 1. The number of esters is 1. The van der Waals surface area contributed by atoms with E-state index < -0.39 is 26.5 Å². The summed E-state index contributed by atoms with van der Waals surface area (Å²) in [6.45, 7) is 2.25. The molecule has 2 rings (SSSR count). The highest BCUT2D eigenvalue weighted by Gasteiger charge is 2.28. The molecule has 8 heteroatoms. The van der Waals surface area contributed by atoms with Gasteiger partial charge in [0.25, 0.3) is 0 Å². The van der Waals surface area contributed by atoms with Gasteiger partial charge in [-0.3, -0.25) is 0 Å². The number of methoxy groups -OCH3 is 1. The smallest absolute Gasteiger partial charge is 0.351 e. The van der Waals surface area contributed by atoms with Gasteiger partial charge in [0.2, 0.25) is 9.84 Å². The number of benzene rings is 2. The van der Waals surface area contributed by atoms with Crippen LogP contribution in [0.25, 0.3) is 0 Å². The lowest BCUT2D eigenvalue weighted by Crippen LogP contribution is -2.17. The lowest BCUT2D eigenvalue weighted by molar-refractivity contribution is -0.135. The SMILES string of the molecule is CCOc1ccc(S(=O)(=O)C(=CNc2ccc(F)cc2)C(=O)OC)cc1. The summed E-state index contributed by atoms with van der Waals surface area (Å²) in [5, 5.41) is 2.66. The van der Waals surface area contributed by atoms with Gasteiger partial charge < -0.3 is 14.8 Å². The van der Waals surface area contributed by atoms with Crippen LogP contribution in [0.1, 0.15) is 6.92 Å². The van der Waals surface area contributed by atoms with E-state index in [9.17, 15) is 17.6 Å². The van der Waals surface area contributed by atoms with Crippen molar-refractivity contribution in [3.05, 3.63) is 65.5 Å². The average molecular weight is 379 g/mol. The van der Waals surface area contributed by atoms with Gasteiger partial charge in [0, 0.05) is 11.9 Å². The lowest BCUT2D eigenvalue weighted by Gasteiger charge is -2.10. The Hall–Kier alpha value is -2.87. The molecule has 0 aliphatic rings. The number of anilines is 1. The molecule has 26 heavy (non-hydrogen) atoms. The molecule has 0 unspecified atom stereocenters. The van der Waals surface area contributed by atoms with Crippen LogP contribution in [0, 0.1) is 5.82 Å². The zero-order chi connectivity index (χ0) is 19.2. The molecule has 0 aliphatic heterocycles. The van der Waals surface area contributed by atoms with Crippen LogP contribution in [0.3, 0.4) is 0 Å². The summed E-state index contributed by atoms with van der Waals surface area (Å²) in [6.07, 6.45) is 1.02. The highest BCUT2D eigenvalue weighted by atomic mass is 32.2. The standard InChI is InChI=1S/C18H18FNO5S/c1-3-25-15-8-10-16(11-9-15)26(22,23)17(18(21)24-2)12-20-14-6-4-13(19)5-7-14/h4-12,20H,3H2,1-2H3. The molecule has 1 N–H and O–H groups in total. The first-order chi connectivity index (χ1) is 12.4. The van der Waals surface area contributed by atoms with E-state index in [1.54, 1.807) is 0 Å². The normalized spacial score (nSPS) is 11.7. The number of carbonyl (C=O) groups excluding carboxylic acids is 1. The zero-order valence-electron chi connectivity index (χ0n) is 14.2. The van der Waals surface area contributed by atoms with Gasteiger partial charge in [0.05, 0.1) is 18.6 Å². The van der Waals surface area contributed by atoms with E-state index in [0.717, 1.165) is 13.3 Å². The zero-order valence-corrected chi connectivity index (χ0v) is 15.0. The summed E-state index contributed by atoms with van der Waals surface area (Å²) in [7, 11) is -3.04. The van der Waals surface area contributed by atoms with Gasteiger partial charge in [0.1, 0.15) is 11.6 Å². The molecule has 0 bridgehead atoms. The summed E-state index contributed by atoms with van der Waals surface area (Å²) < 4.78 is 48.3. The van der Waals surface area contributed by atoms with Gasteiger partial charge in [0.15, 0.2) is 4.91 Å². The van der Waals surface area contributed by atoms with Crippen LogP contribution in [0.15, 0.2) is 64.5 Å². The van der Waals surface area contributed by atoms with Crippen molar-refractivity contribution in [2.24, 2.45) is 0 Å². The van der Waals surface area contributed by atoms with Gasteiger partial charge in [-0.2, -0.15) is 0 Å². The van der Waals surface area contributed by atoms with Gasteiger partial charge in [-0.05, 0) is 55.5 Å². The monoisotopic (exact) mass is 379 g/mol. The molecule has 0 radical (unpaired) electrons. The third kappa shape index (κ3) is 4.60. The van der Waals surface area contributed by atoms with E-state index in [0.29, 0.717) is 18.0 Å². The second-order valence-electron chi connectivity index (χ2n) is 5.06. The van der Waals surface area contributed by atoms with E-state index in [1.807, 2.05) is 6.92 Å². The highest BCUT2D eigenvalue weighted by Crippen LogP contribution is 2.23. The maximum Gasteiger partial charge on any atom is 0.351 e. The fourth-order valence-electron chi connectivity index (χ4n) is 2.05. The van der Waals surface area contributed by atoms with Gasteiger partial charge >= 0.3 is 5.97 Å². The van der Waals surface area contributed by atoms with Crippen LogP contribution in [0.4, 0.5) is 10.1 Å². The average Bonchev–Trinajstić information content (AvgIpc) is 2.63. The Kier molecular flexibility index (Phi) is 6.35. The third-order valence-corrected chi connectivity index (χ3v) is 5.09. The summed E-state index contributed by atoms with van der Waals surface area (Å²) in [5.74, 6) is -0.942. The van der Waals surface area contributed by atoms with Gasteiger partial charge in [-0.25, -0.2) is 17.6 Å². The molecule has 0 fully saturated rings. The topological polar surface area (TPSA) is 81.7 Å². The molecule has 0 saturated carbocycles. The number of hydrogen-bond donors (Lipinski definition) is 1. The third-order valence-electron chi connectivity index (χ3n) is 3.34. The molecular formula is C18H18FNO5S. The van der Waals surface area contributed by atoms with Crippen LogP contribution < -0.4 is 10.1 Å². The minimum absolute atomic E-state index is 0.0847. The summed E-state index contributed by atoms with van der Waals surface area (Å²) in [5.41, 5.74) is 0.412. The van der Waals surface area contributed by atoms with E-state index in [1.165, 1.54) is 48.5 Å². The molecule has 0 atom stereocenters. The number of carbonyl (C=O) groups is 1. The Morgan fingerprint density at radius 1 is 1.12 bits per heavy atom. The van der Waals surface area contributed by atoms with Crippen LogP contribution in [0.5, 0.6) is 5.75 Å². The van der Waals surface area contributed by atoms with Gasteiger partial charge in [-0.15, -0.1) is 0 Å². The molecule has 0 saturated heterocycles. The van der Waals surface area contributed by atoms with E-state index >= 15 is 0 Å². The van der Waals surface area contributed by atoms with Crippen molar-refractivity contribution in [3.8, 4) is 5.75 Å². The number of hydrogen-bond acceptors (Lipinski definition) is 6. The number of ether oxygens (including phenoxy) is 2. The van der Waals surface area contributed by atoms with Crippen molar-refractivity contribution in [3.63, 3.8) is 0 Å². The summed E-state index contributed by atoms with van der Waals surface area (Å²) in [4.78, 5) is 11.3. The molecule has 2 aromatic carbocycles. The first kappa shape index (κ1) is 19.5. The fourth-order valence-corrected chi connectivity index (χ4v) is 3.32. The van der Waals surface area contributed by atoms with Crippen molar-refractivity contribution in [2.75, 3.05) is 19.0 Å². The second kappa shape index (κ2) is 8.48. The Morgan fingerprint density at radius 2 is 1.73 bits per heavy atom. The lowest BCUT2D eigenvalue weighted by atomic mass is 10.3. The summed E-state index contributed by atoms with van der Waals surface area (Å²) >= 11 is 0. The molecule has 2 aromatic rings. The van der Waals surface area contributed by atoms with Crippen molar-refractivity contribution in [1.82, 2.24) is 0 Å². The molecule has 0 heterocycles. The molecule has 0 aliphatic carbocycles. The molecular weight excluding hydrogens is 361 g/mol. The van der Waals surface area contributed by atoms with E-state index in [2.05, 4.69) is 10.1 Å². The Balaban J connectivity index is 2.36.